The maximum atomic E-state index is 5.74. The normalized spacial score (nSPS) is 12.1. The molecule has 21 heavy (non-hydrogen) atoms. The highest BCUT2D eigenvalue weighted by atomic mass is 79.9. The van der Waals surface area contributed by atoms with Crippen LogP contribution in [0.15, 0.2) is 53.0 Å². The summed E-state index contributed by atoms with van der Waals surface area (Å²) in [4.78, 5) is 0. The van der Waals surface area contributed by atoms with Gasteiger partial charge in [-0.2, -0.15) is 0 Å². The van der Waals surface area contributed by atoms with E-state index in [2.05, 4.69) is 52.5 Å². The van der Waals surface area contributed by atoms with Crippen LogP contribution in [0.1, 0.15) is 30.5 Å². The van der Waals surface area contributed by atoms with E-state index < -0.39 is 0 Å². The highest BCUT2D eigenvalue weighted by Crippen LogP contribution is 2.23. The van der Waals surface area contributed by atoms with Crippen molar-refractivity contribution in [2.24, 2.45) is 5.84 Å². The molecule has 1 unspecified atom stereocenters. The highest BCUT2D eigenvalue weighted by Gasteiger charge is 2.11. The number of halogens is 1. The van der Waals surface area contributed by atoms with E-state index in [1.807, 2.05) is 24.3 Å². The molecule has 1 atom stereocenters. The van der Waals surface area contributed by atoms with E-state index in [-0.39, 0.29) is 6.04 Å². The van der Waals surface area contributed by atoms with Crippen LogP contribution in [0, 0.1) is 0 Å². The standard InChI is InChI=1S/C17H21BrN2O/c1-2-9-21-16-8-4-6-14(12-16)17(20-19)11-13-5-3-7-15(18)10-13/h3-8,10,12,17,20H,2,9,11,19H2,1H3. The zero-order chi connectivity index (χ0) is 15.1. The molecule has 2 aromatic carbocycles. The van der Waals surface area contributed by atoms with Gasteiger partial charge in [-0.15, -0.1) is 0 Å². The van der Waals surface area contributed by atoms with E-state index in [9.17, 15) is 0 Å². The lowest BCUT2D eigenvalue weighted by Crippen LogP contribution is -2.29. The van der Waals surface area contributed by atoms with Crippen molar-refractivity contribution in [2.75, 3.05) is 6.61 Å². The topological polar surface area (TPSA) is 47.3 Å². The van der Waals surface area contributed by atoms with E-state index in [0.29, 0.717) is 0 Å². The predicted octanol–water partition coefficient (Wildman–Crippen LogP) is 3.99. The number of hydrogen-bond donors (Lipinski definition) is 2. The number of hydrazine groups is 1. The summed E-state index contributed by atoms with van der Waals surface area (Å²) in [6, 6.07) is 16.4. The van der Waals surface area contributed by atoms with Crippen LogP contribution in [0.4, 0.5) is 0 Å². The third-order valence-corrected chi connectivity index (χ3v) is 3.76. The number of hydrogen-bond acceptors (Lipinski definition) is 3. The second kappa shape index (κ2) is 8.17. The van der Waals surface area contributed by atoms with Crippen molar-refractivity contribution < 1.29 is 4.74 Å². The van der Waals surface area contributed by atoms with Gasteiger partial charge in [0, 0.05) is 4.47 Å². The molecule has 0 aliphatic carbocycles. The fourth-order valence-electron chi connectivity index (χ4n) is 2.21. The summed E-state index contributed by atoms with van der Waals surface area (Å²) in [5, 5.41) is 0. The summed E-state index contributed by atoms with van der Waals surface area (Å²) in [6.45, 7) is 2.83. The zero-order valence-corrected chi connectivity index (χ0v) is 13.8. The Hall–Kier alpha value is -1.36. The molecule has 4 heteroatoms. The third-order valence-electron chi connectivity index (χ3n) is 3.26. The Balaban J connectivity index is 2.13. The average Bonchev–Trinajstić information content (AvgIpc) is 2.51. The molecule has 2 aromatic rings. The van der Waals surface area contributed by atoms with Gasteiger partial charge in [0.1, 0.15) is 5.75 Å². The van der Waals surface area contributed by atoms with Crippen molar-refractivity contribution in [2.45, 2.75) is 25.8 Å². The van der Waals surface area contributed by atoms with Crippen LogP contribution >= 0.6 is 15.9 Å². The molecule has 0 aliphatic heterocycles. The van der Waals surface area contributed by atoms with Crippen LogP contribution in [0.5, 0.6) is 5.75 Å². The molecule has 0 radical (unpaired) electrons. The Bertz CT molecular complexity index is 574. The minimum Gasteiger partial charge on any atom is -0.494 e. The van der Waals surface area contributed by atoms with Gasteiger partial charge < -0.3 is 4.74 Å². The van der Waals surface area contributed by atoms with Crippen molar-refractivity contribution >= 4 is 15.9 Å². The maximum absolute atomic E-state index is 5.74. The molecule has 0 aliphatic rings. The quantitative estimate of drug-likeness (QED) is 0.587. The zero-order valence-electron chi connectivity index (χ0n) is 12.2. The van der Waals surface area contributed by atoms with Crippen LogP contribution in [0.25, 0.3) is 0 Å². The molecule has 0 saturated heterocycles. The van der Waals surface area contributed by atoms with Crippen molar-refractivity contribution in [3.05, 3.63) is 64.1 Å². The molecule has 0 aromatic heterocycles. The molecule has 0 fully saturated rings. The fraction of sp³-hybridized carbons (Fsp3) is 0.294. The van der Waals surface area contributed by atoms with Gasteiger partial charge in [0.15, 0.2) is 0 Å². The molecule has 0 heterocycles. The van der Waals surface area contributed by atoms with Gasteiger partial charge in [0.05, 0.1) is 12.6 Å². The van der Waals surface area contributed by atoms with Gasteiger partial charge in [-0.25, -0.2) is 0 Å². The van der Waals surface area contributed by atoms with E-state index in [1.54, 1.807) is 0 Å². The van der Waals surface area contributed by atoms with E-state index in [1.165, 1.54) is 5.56 Å². The Morgan fingerprint density at radius 2 is 2.00 bits per heavy atom. The van der Waals surface area contributed by atoms with Crippen LogP contribution in [-0.4, -0.2) is 6.61 Å². The highest BCUT2D eigenvalue weighted by molar-refractivity contribution is 9.10. The van der Waals surface area contributed by atoms with Crippen molar-refractivity contribution in [3.63, 3.8) is 0 Å². The smallest absolute Gasteiger partial charge is 0.119 e. The maximum Gasteiger partial charge on any atom is 0.119 e. The first-order valence-corrected chi connectivity index (χ1v) is 7.95. The minimum absolute atomic E-state index is 0.0597. The first kappa shape index (κ1) is 16.0. The van der Waals surface area contributed by atoms with Crippen LogP contribution < -0.4 is 16.0 Å². The van der Waals surface area contributed by atoms with Crippen molar-refractivity contribution in [3.8, 4) is 5.75 Å². The second-order valence-electron chi connectivity index (χ2n) is 4.97. The monoisotopic (exact) mass is 348 g/mol. The summed E-state index contributed by atoms with van der Waals surface area (Å²) in [5.74, 6) is 6.63. The molecular formula is C17H21BrN2O. The first-order chi connectivity index (χ1) is 10.2. The van der Waals surface area contributed by atoms with E-state index in [0.717, 1.165) is 35.2 Å². The molecule has 0 amide bonds. The number of nitrogens with one attached hydrogen (secondary N) is 1. The number of rotatable bonds is 7. The van der Waals surface area contributed by atoms with Crippen molar-refractivity contribution in [1.82, 2.24) is 5.43 Å². The Labute approximate surface area is 134 Å². The number of benzene rings is 2. The average molecular weight is 349 g/mol. The lowest BCUT2D eigenvalue weighted by atomic mass is 9.99. The van der Waals surface area contributed by atoms with Crippen LogP contribution in [-0.2, 0) is 6.42 Å². The molecule has 0 spiro atoms. The largest absolute Gasteiger partial charge is 0.494 e. The Morgan fingerprint density at radius 1 is 1.19 bits per heavy atom. The summed E-state index contributed by atoms with van der Waals surface area (Å²) in [5.41, 5.74) is 5.26. The molecule has 112 valence electrons. The summed E-state index contributed by atoms with van der Waals surface area (Å²) < 4.78 is 6.76. The minimum atomic E-state index is 0.0597. The third kappa shape index (κ3) is 4.84. The number of nitrogens with two attached hydrogens (primary N) is 1. The van der Waals surface area contributed by atoms with Crippen molar-refractivity contribution in [1.29, 1.82) is 0 Å². The molecule has 2 rings (SSSR count). The number of ether oxygens (including phenoxy) is 1. The molecule has 0 saturated carbocycles. The van der Waals surface area contributed by atoms with Gasteiger partial charge in [0.25, 0.3) is 0 Å². The Morgan fingerprint density at radius 3 is 2.71 bits per heavy atom. The lowest BCUT2D eigenvalue weighted by molar-refractivity contribution is 0.316. The van der Waals surface area contributed by atoms with E-state index in [4.69, 9.17) is 10.6 Å². The predicted molar refractivity (Wildman–Crippen MR) is 90.1 cm³/mol. The second-order valence-corrected chi connectivity index (χ2v) is 5.89. The summed E-state index contributed by atoms with van der Waals surface area (Å²) >= 11 is 3.50. The van der Waals surface area contributed by atoms with Gasteiger partial charge in [-0.1, -0.05) is 47.1 Å². The summed E-state index contributed by atoms with van der Waals surface area (Å²) in [7, 11) is 0. The first-order valence-electron chi connectivity index (χ1n) is 7.16. The van der Waals surface area contributed by atoms with Crippen LogP contribution in [0.3, 0.4) is 0 Å². The van der Waals surface area contributed by atoms with Gasteiger partial charge >= 0.3 is 0 Å². The SMILES string of the molecule is CCCOc1cccc(C(Cc2cccc(Br)c2)NN)c1. The van der Waals surface area contributed by atoms with Gasteiger partial charge in [-0.05, 0) is 48.2 Å². The summed E-state index contributed by atoms with van der Waals surface area (Å²) in [6.07, 6.45) is 1.83. The van der Waals surface area contributed by atoms with Gasteiger partial charge in [0.2, 0.25) is 0 Å². The fourth-order valence-corrected chi connectivity index (χ4v) is 2.66. The van der Waals surface area contributed by atoms with Crippen LogP contribution in [0.2, 0.25) is 0 Å². The molecular weight excluding hydrogens is 328 g/mol. The molecule has 3 nitrogen and oxygen atoms in total. The van der Waals surface area contributed by atoms with E-state index >= 15 is 0 Å². The molecule has 3 N–H and O–H groups in total. The molecule has 0 bridgehead atoms. The van der Waals surface area contributed by atoms with Gasteiger partial charge in [-0.3, -0.25) is 11.3 Å². The lowest BCUT2D eigenvalue weighted by Gasteiger charge is -2.17. The Kier molecular flexibility index (Phi) is 6.23.